The third-order valence-electron chi connectivity index (χ3n) is 23.5. The zero-order valence-corrected chi connectivity index (χ0v) is 71.6. The first kappa shape index (κ1) is 90.5. The number of pyridine rings is 3. The van der Waals surface area contributed by atoms with Crippen molar-refractivity contribution in [1.82, 2.24) is 73.0 Å². The van der Waals surface area contributed by atoms with Crippen LogP contribution in [0.2, 0.25) is 15.1 Å². The third-order valence-corrected chi connectivity index (χ3v) is 24.2. The summed E-state index contributed by atoms with van der Waals surface area (Å²) in [4.78, 5) is 75.0. The molecule has 0 spiro atoms. The number of aryl methyl sites for hydroxylation is 3. The Morgan fingerprint density at radius 3 is 0.821 bits per heavy atom. The van der Waals surface area contributed by atoms with Crippen molar-refractivity contribution in [3.63, 3.8) is 0 Å². The third kappa shape index (κ3) is 18.2. The number of amides is 3. The van der Waals surface area contributed by atoms with Crippen LogP contribution in [0, 0.1) is 0 Å². The van der Waals surface area contributed by atoms with Crippen LogP contribution in [-0.2, 0) is 52.2 Å². The summed E-state index contributed by atoms with van der Waals surface area (Å²) >= 11 is 19.5. The first-order valence-corrected chi connectivity index (χ1v) is 40.6. The van der Waals surface area contributed by atoms with Gasteiger partial charge in [-0.05, 0) is 202 Å². The molecule has 3 aliphatic heterocycles. The molecule has 6 aromatic heterocycles. The molecule has 36 heteroatoms. The van der Waals surface area contributed by atoms with Crippen LogP contribution in [0.3, 0.4) is 0 Å². The van der Waals surface area contributed by atoms with Gasteiger partial charge in [-0.15, -0.1) is 0 Å². The molecule has 3 N–H and O–H groups in total. The molecule has 0 bridgehead atoms. The molecular weight excluding hydrogens is 1680 g/mol. The van der Waals surface area contributed by atoms with E-state index < -0.39 is 70.4 Å². The Labute approximate surface area is 719 Å². The molecule has 654 valence electrons. The zero-order chi connectivity index (χ0) is 89.2. The number of hydrogen-bond donors (Lipinski definition) is 3. The number of aliphatic hydroxyl groups is 3. The van der Waals surface area contributed by atoms with Crippen molar-refractivity contribution in [2.24, 2.45) is 21.1 Å². The number of hydrogen-bond acceptors (Lipinski definition) is 18. The van der Waals surface area contributed by atoms with E-state index in [-0.39, 0.29) is 57.4 Å². The van der Waals surface area contributed by atoms with Gasteiger partial charge in [-0.2, -0.15) is 39.5 Å². The standard InChI is InChI=1S/3C29H31ClF3N5O3/c3*1-27(2,29(31,32)33)41-26(39)38-12-10-37(11-13-38)25-20-8-7-19(30)15-21(20)22(14-18-6-5-9-35-24(18)25)28(3,40)23-16-34-17-36(23)4/h3*5-9,14-17,25,40H,10-13H2,1-4H3/t25-,28?;25-,28+;25-,28-/m000/s1. The van der Waals surface area contributed by atoms with Gasteiger partial charge in [-0.25, -0.2) is 29.3 Å². The largest absolute Gasteiger partial charge is 0.434 e. The maximum Gasteiger partial charge on any atom is 0.427 e. The summed E-state index contributed by atoms with van der Waals surface area (Å²) in [5, 5.41) is 37.4. The van der Waals surface area contributed by atoms with E-state index in [0.717, 1.165) is 109 Å². The van der Waals surface area contributed by atoms with E-state index in [0.29, 0.717) is 88.1 Å². The Bertz CT molecular complexity index is 5010. The lowest BCUT2D eigenvalue weighted by molar-refractivity contribution is -0.246. The molecule has 24 nitrogen and oxygen atoms in total. The average molecular weight is 1770 g/mol. The van der Waals surface area contributed by atoms with Gasteiger partial charge < -0.3 is 57.9 Å². The number of carbonyl (C=O) groups is 3. The van der Waals surface area contributed by atoms with Gasteiger partial charge in [0, 0.05) is 133 Å². The molecule has 9 heterocycles. The zero-order valence-electron chi connectivity index (χ0n) is 69.3. The van der Waals surface area contributed by atoms with Gasteiger partial charge in [0.25, 0.3) is 0 Å². The fourth-order valence-electron chi connectivity index (χ4n) is 16.2. The molecular formula is C87H93Cl3F9N15O9. The number of rotatable bonds is 12. The van der Waals surface area contributed by atoms with Gasteiger partial charge in [0.1, 0.15) is 16.8 Å². The maximum atomic E-state index is 13.3. The monoisotopic (exact) mass is 1770 g/mol. The molecule has 6 aliphatic rings. The van der Waals surface area contributed by atoms with Crippen molar-refractivity contribution in [2.75, 3.05) is 78.5 Å². The van der Waals surface area contributed by atoms with Crippen LogP contribution >= 0.6 is 34.8 Å². The van der Waals surface area contributed by atoms with Crippen molar-refractivity contribution in [3.05, 3.63) is 246 Å². The number of aromatic nitrogens is 9. The number of nitrogens with zero attached hydrogens (tertiary/aromatic N) is 15. The topological polar surface area (TPSA) is 251 Å². The Balaban J connectivity index is 0.000000159. The number of halogens is 12. The molecule has 3 aromatic carbocycles. The van der Waals surface area contributed by atoms with Crippen LogP contribution in [0.15, 0.2) is 147 Å². The van der Waals surface area contributed by atoms with Crippen LogP contribution in [-0.4, -0.2) is 220 Å². The van der Waals surface area contributed by atoms with Crippen molar-refractivity contribution in [3.8, 4) is 0 Å². The molecule has 15 rings (SSSR count). The van der Waals surface area contributed by atoms with Crippen molar-refractivity contribution in [2.45, 2.75) is 133 Å². The number of fused-ring (bicyclic) bond motifs is 6. The van der Waals surface area contributed by atoms with Crippen molar-refractivity contribution >= 4 is 88.0 Å². The molecule has 0 radical (unpaired) electrons. The number of ether oxygens (including phenoxy) is 3. The first-order chi connectivity index (χ1) is 57.6. The minimum atomic E-state index is -4.69. The molecule has 6 atom stereocenters. The summed E-state index contributed by atoms with van der Waals surface area (Å²) in [6.07, 6.45) is 3.50. The molecule has 3 amide bonds. The summed E-state index contributed by atoms with van der Waals surface area (Å²) in [5.74, 6) is 0. The van der Waals surface area contributed by atoms with Crippen LogP contribution in [0.4, 0.5) is 53.9 Å². The van der Waals surface area contributed by atoms with Crippen LogP contribution < -0.4 is 0 Å². The summed E-state index contributed by atoms with van der Waals surface area (Å²) in [6, 6.07) is 26.6. The van der Waals surface area contributed by atoms with Gasteiger partial charge in [0.2, 0.25) is 16.8 Å². The Hall–Kier alpha value is -10.2. The Morgan fingerprint density at radius 1 is 0.374 bits per heavy atom. The molecule has 9 aromatic rings. The number of imidazole rings is 3. The maximum absolute atomic E-state index is 13.3. The Kier molecular flexibility index (Phi) is 25.3. The second-order valence-corrected chi connectivity index (χ2v) is 34.4. The quantitative estimate of drug-likeness (QED) is 0.0759. The van der Waals surface area contributed by atoms with Crippen molar-refractivity contribution < 1.29 is 83.4 Å². The smallest absolute Gasteiger partial charge is 0.427 e. The lowest BCUT2D eigenvalue weighted by Crippen LogP contribution is -2.53. The lowest BCUT2D eigenvalue weighted by Gasteiger charge is -2.40. The minimum absolute atomic E-state index is 0.168. The fraction of sp³-hybridized carbons (Fsp3) is 0.414. The minimum Gasteiger partial charge on any atom is -0.434 e. The Morgan fingerprint density at radius 2 is 0.610 bits per heavy atom. The number of benzene rings is 3. The van der Waals surface area contributed by atoms with E-state index >= 15 is 0 Å². The average Bonchev–Trinajstić information content (AvgIpc) is 1.62. The molecule has 3 fully saturated rings. The van der Waals surface area contributed by atoms with E-state index in [1.165, 1.54) is 14.7 Å². The van der Waals surface area contributed by atoms with E-state index in [1.807, 2.05) is 112 Å². The first-order valence-electron chi connectivity index (χ1n) is 39.5. The van der Waals surface area contributed by atoms with Gasteiger partial charge in [0.05, 0.1) is 89.9 Å². The molecule has 0 saturated carbocycles. The predicted molar refractivity (Wildman–Crippen MR) is 444 cm³/mol. The second-order valence-electron chi connectivity index (χ2n) is 33.1. The molecule has 3 aliphatic carbocycles. The van der Waals surface area contributed by atoms with Crippen LogP contribution in [0.5, 0.6) is 0 Å². The summed E-state index contributed by atoms with van der Waals surface area (Å²) < 4.78 is 139. The SMILES string of the molecule is Cn1cncc1C(C)(O)C1=Cc2cccnc2[C@@H](N2CCN(C(=O)OC(C)(C)C(F)(F)F)CC2)c2ccc(Cl)cc21.Cn1cncc1[C@@](C)(O)C1=Cc2cccnc2[C@@H](N2CCN(C(=O)OC(C)(C)C(F)(F)F)CC2)c2ccc(Cl)cc21.Cn1cncc1[C@](C)(O)C1=Cc2cccnc2[C@@H](N2CCN(C(=O)OC(C)(C)C(F)(F)F)CC2)c2ccc(Cl)cc21. The highest BCUT2D eigenvalue weighted by atomic mass is 35.5. The van der Waals surface area contributed by atoms with E-state index in [4.69, 9.17) is 64.0 Å². The molecule has 3 saturated heterocycles. The normalized spacial score (nSPS) is 19.5. The predicted octanol–water partition coefficient (Wildman–Crippen LogP) is 16.2. The van der Waals surface area contributed by atoms with Gasteiger partial charge in [-0.1, -0.05) is 71.2 Å². The lowest BCUT2D eigenvalue weighted by atomic mass is 9.84. The molecule has 123 heavy (non-hydrogen) atoms. The van der Waals surface area contributed by atoms with E-state index in [9.17, 15) is 69.2 Å². The second kappa shape index (κ2) is 34.4. The van der Waals surface area contributed by atoms with E-state index in [2.05, 4.69) is 29.7 Å². The number of piperazine rings is 3. The summed E-state index contributed by atoms with van der Waals surface area (Å²) in [6.45, 7) is 13.3. The summed E-state index contributed by atoms with van der Waals surface area (Å²) in [5.41, 5.74) is 0.926. The highest BCUT2D eigenvalue weighted by Gasteiger charge is 2.55. The van der Waals surface area contributed by atoms with Gasteiger partial charge in [0.15, 0.2) is 0 Å². The molecule has 1 unspecified atom stereocenters. The van der Waals surface area contributed by atoms with E-state index in [1.54, 1.807) is 109 Å². The van der Waals surface area contributed by atoms with Crippen molar-refractivity contribution in [1.29, 1.82) is 0 Å². The fourth-order valence-corrected chi connectivity index (χ4v) is 16.7. The number of alkyl halides is 9. The summed E-state index contributed by atoms with van der Waals surface area (Å²) in [7, 11) is 5.43. The number of carbonyl (C=O) groups excluding carboxylic acids is 3. The highest BCUT2D eigenvalue weighted by Crippen LogP contribution is 2.52. The van der Waals surface area contributed by atoms with Crippen LogP contribution in [0.25, 0.3) is 34.9 Å². The van der Waals surface area contributed by atoms with Crippen LogP contribution in [0.1, 0.15) is 165 Å². The highest BCUT2D eigenvalue weighted by molar-refractivity contribution is 6.31. The van der Waals surface area contributed by atoms with Gasteiger partial charge in [-0.3, -0.25) is 29.7 Å². The van der Waals surface area contributed by atoms with Gasteiger partial charge >= 0.3 is 36.8 Å².